The molecule has 1 amide bonds. The molecule has 4 nitrogen and oxygen atoms in total. The largest absolute Gasteiger partial charge is 0.465 e. The van der Waals surface area contributed by atoms with Crippen LogP contribution in [0.5, 0.6) is 0 Å². The van der Waals surface area contributed by atoms with Crippen LogP contribution in [0, 0.1) is 6.92 Å². The van der Waals surface area contributed by atoms with Gasteiger partial charge >= 0.3 is 5.97 Å². The smallest absolute Gasteiger partial charge is 0.325 e. The van der Waals surface area contributed by atoms with Gasteiger partial charge in [-0.3, -0.25) is 9.59 Å². The first-order chi connectivity index (χ1) is 8.60. The lowest BCUT2D eigenvalue weighted by atomic mass is 10.2. The van der Waals surface area contributed by atoms with Gasteiger partial charge < -0.3 is 9.64 Å². The predicted octanol–water partition coefficient (Wildman–Crippen LogP) is 2.25. The minimum absolute atomic E-state index is 0.0456. The van der Waals surface area contributed by atoms with Crippen LogP contribution in [-0.2, 0) is 9.53 Å². The molecule has 0 N–H and O–H groups in total. The highest BCUT2D eigenvalue weighted by molar-refractivity contribution is 7.12. The normalized spacial score (nSPS) is 9.89. The van der Waals surface area contributed by atoms with Gasteiger partial charge in [-0.1, -0.05) is 6.08 Å². The van der Waals surface area contributed by atoms with E-state index in [4.69, 9.17) is 4.74 Å². The molecule has 98 valence electrons. The van der Waals surface area contributed by atoms with Crippen molar-refractivity contribution >= 4 is 23.2 Å². The molecule has 0 radical (unpaired) electrons. The third kappa shape index (κ3) is 3.70. The summed E-state index contributed by atoms with van der Waals surface area (Å²) in [5.41, 5.74) is 0.919. The van der Waals surface area contributed by atoms with Crippen LogP contribution in [0.25, 0.3) is 0 Å². The number of hydrogen-bond donors (Lipinski definition) is 0. The molecule has 0 aromatic carbocycles. The van der Waals surface area contributed by atoms with E-state index in [0.29, 0.717) is 18.0 Å². The molecule has 18 heavy (non-hydrogen) atoms. The summed E-state index contributed by atoms with van der Waals surface area (Å²) < 4.78 is 4.85. The number of nitrogens with zero attached hydrogens (tertiary/aromatic N) is 1. The number of esters is 1. The SMILES string of the molecule is C=CCN(CC(=O)OCC)C(=O)c1sccc1C. The Labute approximate surface area is 111 Å². The van der Waals surface area contributed by atoms with E-state index in [1.54, 1.807) is 13.0 Å². The molecular formula is C13H17NO3S. The van der Waals surface area contributed by atoms with E-state index in [0.717, 1.165) is 5.56 Å². The molecule has 0 spiro atoms. The summed E-state index contributed by atoms with van der Waals surface area (Å²) in [4.78, 5) is 25.8. The molecule has 0 fully saturated rings. The van der Waals surface area contributed by atoms with Crippen molar-refractivity contribution in [3.63, 3.8) is 0 Å². The maximum Gasteiger partial charge on any atom is 0.325 e. The Kier molecular flexibility index (Phi) is 5.58. The topological polar surface area (TPSA) is 46.6 Å². The first-order valence-electron chi connectivity index (χ1n) is 5.70. The number of rotatable bonds is 6. The lowest BCUT2D eigenvalue weighted by molar-refractivity contribution is -0.143. The Hall–Kier alpha value is -1.62. The number of aryl methyl sites for hydroxylation is 1. The number of amides is 1. The highest BCUT2D eigenvalue weighted by atomic mass is 32.1. The molecule has 0 unspecified atom stereocenters. The van der Waals surface area contributed by atoms with Crippen molar-refractivity contribution in [2.45, 2.75) is 13.8 Å². The van der Waals surface area contributed by atoms with Gasteiger partial charge in [-0.25, -0.2) is 0 Å². The van der Waals surface area contributed by atoms with Gasteiger partial charge in [0.1, 0.15) is 6.54 Å². The van der Waals surface area contributed by atoms with E-state index >= 15 is 0 Å². The van der Waals surface area contributed by atoms with Crippen molar-refractivity contribution in [3.05, 3.63) is 34.5 Å². The minimum atomic E-state index is -0.401. The van der Waals surface area contributed by atoms with Gasteiger partial charge in [0.15, 0.2) is 0 Å². The van der Waals surface area contributed by atoms with Crippen molar-refractivity contribution in [1.29, 1.82) is 0 Å². The van der Waals surface area contributed by atoms with E-state index in [1.807, 2.05) is 18.4 Å². The maximum atomic E-state index is 12.2. The Morgan fingerprint density at radius 1 is 1.56 bits per heavy atom. The quantitative estimate of drug-likeness (QED) is 0.586. The van der Waals surface area contributed by atoms with E-state index in [-0.39, 0.29) is 12.5 Å². The van der Waals surface area contributed by atoms with E-state index in [1.165, 1.54) is 16.2 Å². The Morgan fingerprint density at radius 3 is 2.78 bits per heavy atom. The second-order valence-corrected chi connectivity index (χ2v) is 4.63. The molecule has 5 heteroatoms. The summed E-state index contributed by atoms with van der Waals surface area (Å²) in [5, 5.41) is 1.86. The zero-order chi connectivity index (χ0) is 13.5. The fourth-order valence-electron chi connectivity index (χ4n) is 1.47. The van der Waals surface area contributed by atoms with Crippen molar-refractivity contribution in [3.8, 4) is 0 Å². The summed E-state index contributed by atoms with van der Waals surface area (Å²) >= 11 is 1.37. The summed E-state index contributed by atoms with van der Waals surface area (Å²) in [6, 6.07) is 1.88. The average molecular weight is 267 g/mol. The van der Waals surface area contributed by atoms with Crippen LogP contribution in [0.15, 0.2) is 24.1 Å². The van der Waals surface area contributed by atoms with E-state index < -0.39 is 5.97 Å². The molecule has 0 aliphatic rings. The number of carbonyl (C=O) groups is 2. The van der Waals surface area contributed by atoms with Gasteiger partial charge in [0.2, 0.25) is 0 Å². The summed E-state index contributed by atoms with van der Waals surface area (Å²) in [5.74, 6) is -0.558. The monoisotopic (exact) mass is 267 g/mol. The van der Waals surface area contributed by atoms with Gasteiger partial charge in [0, 0.05) is 6.54 Å². The third-order valence-corrected chi connectivity index (χ3v) is 3.32. The zero-order valence-electron chi connectivity index (χ0n) is 10.6. The number of carbonyl (C=O) groups excluding carboxylic acids is 2. The molecule has 0 saturated carbocycles. The van der Waals surface area contributed by atoms with Crippen LogP contribution in [0.4, 0.5) is 0 Å². The molecule has 0 aliphatic carbocycles. The summed E-state index contributed by atoms with van der Waals surface area (Å²) in [7, 11) is 0. The molecule has 1 aromatic rings. The molecule has 1 aromatic heterocycles. The van der Waals surface area contributed by atoms with Crippen molar-refractivity contribution < 1.29 is 14.3 Å². The molecule has 0 saturated heterocycles. The van der Waals surface area contributed by atoms with Crippen LogP contribution in [0.2, 0.25) is 0 Å². The highest BCUT2D eigenvalue weighted by Gasteiger charge is 2.20. The van der Waals surface area contributed by atoms with E-state index in [9.17, 15) is 9.59 Å². The van der Waals surface area contributed by atoms with Gasteiger partial charge in [-0.05, 0) is 30.9 Å². The van der Waals surface area contributed by atoms with Gasteiger partial charge in [-0.2, -0.15) is 0 Å². The second-order valence-electron chi connectivity index (χ2n) is 3.71. The van der Waals surface area contributed by atoms with Gasteiger partial charge in [-0.15, -0.1) is 17.9 Å². The molecule has 0 atom stereocenters. The standard InChI is InChI=1S/C13H17NO3S/c1-4-7-14(9-11(15)17-5-2)13(16)12-10(3)6-8-18-12/h4,6,8H,1,5,7,9H2,2-3H3. The number of ether oxygens (including phenoxy) is 1. The predicted molar refractivity (Wildman–Crippen MR) is 71.8 cm³/mol. The van der Waals surface area contributed by atoms with Crippen LogP contribution in [0.1, 0.15) is 22.2 Å². The van der Waals surface area contributed by atoms with Crippen LogP contribution >= 0.6 is 11.3 Å². The number of thiophene rings is 1. The second kappa shape index (κ2) is 6.96. The number of hydrogen-bond acceptors (Lipinski definition) is 4. The van der Waals surface area contributed by atoms with Crippen LogP contribution in [0.3, 0.4) is 0 Å². The Morgan fingerprint density at radius 2 is 2.28 bits per heavy atom. The van der Waals surface area contributed by atoms with Gasteiger partial charge in [0.05, 0.1) is 11.5 Å². The first-order valence-corrected chi connectivity index (χ1v) is 6.58. The van der Waals surface area contributed by atoms with Crippen molar-refractivity contribution in [2.24, 2.45) is 0 Å². The Bertz CT molecular complexity index is 439. The summed E-state index contributed by atoms with van der Waals surface area (Å²) in [6.45, 7) is 7.80. The molecule has 0 aliphatic heterocycles. The fraction of sp³-hybridized carbons (Fsp3) is 0.385. The fourth-order valence-corrected chi connectivity index (χ4v) is 2.37. The maximum absolute atomic E-state index is 12.2. The lowest BCUT2D eigenvalue weighted by Crippen LogP contribution is -2.36. The zero-order valence-corrected chi connectivity index (χ0v) is 11.5. The molecule has 0 bridgehead atoms. The molecule has 1 heterocycles. The Balaban J connectivity index is 2.78. The third-order valence-electron chi connectivity index (χ3n) is 2.32. The molecule has 1 rings (SSSR count). The highest BCUT2D eigenvalue weighted by Crippen LogP contribution is 2.17. The molecular weight excluding hydrogens is 250 g/mol. The van der Waals surface area contributed by atoms with Crippen molar-refractivity contribution in [1.82, 2.24) is 4.90 Å². The van der Waals surface area contributed by atoms with Crippen molar-refractivity contribution in [2.75, 3.05) is 19.7 Å². The van der Waals surface area contributed by atoms with Crippen LogP contribution in [-0.4, -0.2) is 36.5 Å². The van der Waals surface area contributed by atoms with E-state index in [2.05, 4.69) is 6.58 Å². The summed E-state index contributed by atoms with van der Waals surface area (Å²) in [6.07, 6.45) is 1.60. The minimum Gasteiger partial charge on any atom is -0.465 e. The van der Waals surface area contributed by atoms with Gasteiger partial charge in [0.25, 0.3) is 5.91 Å². The lowest BCUT2D eigenvalue weighted by Gasteiger charge is -2.19. The van der Waals surface area contributed by atoms with Crippen LogP contribution < -0.4 is 0 Å². The average Bonchev–Trinajstić information content (AvgIpc) is 2.74. The first kappa shape index (κ1) is 14.4.